The summed E-state index contributed by atoms with van der Waals surface area (Å²) in [5.74, 6) is 1.43. The number of H-pyrrole nitrogens is 1. The highest BCUT2D eigenvalue weighted by molar-refractivity contribution is 5.81. The van der Waals surface area contributed by atoms with Crippen LogP contribution in [0.4, 0.5) is 0 Å². The van der Waals surface area contributed by atoms with Gasteiger partial charge in [-0.3, -0.25) is 4.79 Å². The van der Waals surface area contributed by atoms with Crippen molar-refractivity contribution < 1.29 is 14.6 Å². The number of aromatic hydroxyl groups is 1. The summed E-state index contributed by atoms with van der Waals surface area (Å²) in [6, 6.07) is 12.6. The van der Waals surface area contributed by atoms with Gasteiger partial charge in [0, 0.05) is 6.07 Å². The monoisotopic (exact) mass is 350 g/mol. The number of aromatic amines is 1. The van der Waals surface area contributed by atoms with Crippen LogP contribution >= 0.6 is 0 Å². The van der Waals surface area contributed by atoms with E-state index in [1.165, 1.54) is 6.07 Å². The molecule has 4 rings (SSSR count). The number of nitrogens with one attached hydrogen (secondary N) is 1. The lowest BCUT2D eigenvalue weighted by Crippen LogP contribution is -2.24. The Morgan fingerprint density at radius 3 is 2.65 bits per heavy atom. The fourth-order valence-electron chi connectivity index (χ4n) is 3.55. The summed E-state index contributed by atoms with van der Waals surface area (Å²) in [5, 5.41) is 10.4. The van der Waals surface area contributed by atoms with E-state index in [0.29, 0.717) is 23.1 Å². The summed E-state index contributed by atoms with van der Waals surface area (Å²) in [7, 11) is 0. The maximum Gasteiger partial charge on any atom is 0.314 e. The van der Waals surface area contributed by atoms with Crippen molar-refractivity contribution in [2.24, 2.45) is 11.8 Å². The molecule has 2 N–H and O–H groups in total. The van der Waals surface area contributed by atoms with Gasteiger partial charge in [-0.15, -0.1) is 0 Å². The molecule has 26 heavy (non-hydrogen) atoms. The third kappa shape index (κ3) is 3.29. The number of nitrogens with zero attached hydrogens (tertiary/aromatic N) is 1. The number of hydrogen-bond donors (Lipinski definition) is 2. The third-order valence-corrected chi connectivity index (χ3v) is 5.18. The topological polar surface area (TPSA) is 75.2 Å². The number of para-hydroxylation sites is 2. The molecule has 1 heterocycles. The molecule has 1 fully saturated rings. The normalized spacial score (nSPS) is 20.2. The highest BCUT2D eigenvalue weighted by atomic mass is 16.5. The Bertz CT molecular complexity index is 906. The number of imidazole rings is 1. The van der Waals surface area contributed by atoms with Crippen LogP contribution in [0.25, 0.3) is 22.4 Å². The van der Waals surface area contributed by atoms with Crippen molar-refractivity contribution in [2.45, 2.75) is 32.6 Å². The number of fused-ring (bicyclic) bond motifs is 1. The lowest BCUT2D eigenvalue weighted by molar-refractivity contribution is -0.140. The molecule has 3 aromatic rings. The van der Waals surface area contributed by atoms with Crippen LogP contribution in [-0.2, 0) is 4.79 Å². The van der Waals surface area contributed by atoms with Gasteiger partial charge >= 0.3 is 5.97 Å². The van der Waals surface area contributed by atoms with Crippen molar-refractivity contribution in [3.05, 3.63) is 42.5 Å². The summed E-state index contributed by atoms with van der Waals surface area (Å²) < 4.78 is 5.49. The van der Waals surface area contributed by atoms with E-state index >= 15 is 0 Å². The minimum atomic E-state index is -0.201. The van der Waals surface area contributed by atoms with Crippen LogP contribution < -0.4 is 4.74 Å². The molecule has 134 valence electrons. The van der Waals surface area contributed by atoms with Gasteiger partial charge in [-0.1, -0.05) is 19.1 Å². The standard InChI is InChI=1S/C21H22N2O3/c1-13-6-8-14(9-7-13)21(25)26-15-10-11-16(19(24)12-15)20-22-17-4-2-3-5-18(17)23-20/h2-5,10-14,24H,6-9H2,1H3,(H,22,23). The van der Waals surface area contributed by atoms with Gasteiger partial charge in [0.05, 0.1) is 22.5 Å². The number of aromatic nitrogens is 2. The fraction of sp³-hybridized carbons (Fsp3) is 0.333. The van der Waals surface area contributed by atoms with Gasteiger partial charge in [0.1, 0.15) is 17.3 Å². The molecule has 0 spiro atoms. The number of carbonyl (C=O) groups excluding carboxylic acids is 1. The number of phenols is 1. The van der Waals surface area contributed by atoms with Crippen LogP contribution in [0.5, 0.6) is 11.5 Å². The highest BCUT2D eigenvalue weighted by Crippen LogP contribution is 2.33. The lowest BCUT2D eigenvalue weighted by Gasteiger charge is -2.24. The van der Waals surface area contributed by atoms with Crippen LogP contribution in [0.1, 0.15) is 32.6 Å². The van der Waals surface area contributed by atoms with Crippen LogP contribution in [0.2, 0.25) is 0 Å². The Labute approximate surface area is 152 Å². The number of carbonyl (C=O) groups is 1. The number of phenolic OH excluding ortho intramolecular Hbond substituents is 1. The van der Waals surface area contributed by atoms with Gasteiger partial charge in [-0.25, -0.2) is 4.98 Å². The quantitative estimate of drug-likeness (QED) is 0.532. The minimum Gasteiger partial charge on any atom is -0.507 e. The first-order valence-corrected chi connectivity index (χ1v) is 9.10. The van der Waals surface area contributed by atoms with Crippen molar-refractivity contribution in [1.29, 1.82) is 0 Å². The highest BCUT2D eigenvalue weighted by Gasteiger charge is 2.26. The molecule has 1 aliphatic carbocycles. The van der Waals surface area contributed by atoms with E-state index in [4.69, 9.17) is 4.74 Å². The second-order valence-corrected chi connectivity index (χ2v) is 7.16. The molecule has 2 aromatic carbocycles. The number of esters is 1. The van der Waals surface area contributed by atoms with E-state index in [9.17, 15) is 9.90 Å². The van der Waals surface area contributed by atoms with E-state index in [1.807, 2.05) is 24.3 Å². The molecule has 5 heteroatoms. The number of ether oxygens (including phenoxy) is 1. The predicted octanol–water partition coefficient (Wildman–Crippen LogP) is 4.67. The second kappa shape index (κ2) is 6.83. The Kier molecular flexibility index (Phi) is 4.37. The second-order valence-electron chi connectivity index (χ2n) is 7.16. The van der Waals surface area contributed by atoms with Gasteiger partial charge in [0.2, 0.25) is 0 Å². The van der Waals surface area contributed by atoms with Gasteiger partial charge in [0.15, 0.2) is 0 Å². The summed E-state index contributed by atoms with van der Waals surface area (Å²) >= 11 is 0. The van der Waals surface area contributed by atoms with Gasteiger partial charge in [-0.05, 0) is 55.9 Å². The van der Waals surface area contributed by atoms with E-state index in [-0.39, 0.29) is 17.6 Å². The first kappa shape index (κ1) is 16.6. The SMILES string of the molecule is CC1CCC(C(=O)Oc2ccc(-c3nc4ccccc4[nH]3)c(O)c2)CC1. The molecular formula is C21H22N2O3. The van der Waals surface area contributed by atoms with E-state index < -0.39 is 0 Å². The summed E-state index contributed by atoms with van der Waals surface area (Å²) in [6.07, 6.45) is 3.89. The molecule has 0 amide bonds. The van der Waals surface area contributed by atoms with E-state index in [2.05, 4.69) is 16.9 Å². The maximum absolute atomic E-state index is 12.3. The number of benzene rings is 2. The van der Waals surface area contributed by atoms with E-state index in [1.54, 1.807) is 12.1 Å². The van der Waals surface area contributed by atoms with Crippen LogP contribution in [-0.4, -0.2) is 21.0 Å². The minimum absolute atomic E-state index is 0.0339. The first-order valence-electron chi connectivity index (χ1n) is 9.10. The Balaban J connectivity index is 1.51. The zero-order chi connectivity index (χ0) is 18.1. The Hall–Kier alpha value is -2.82. The summed E-state index contributed by atoms with van der Waals surface area (Å²) in [4.78, 5) is 20.0. The van der Waals surface area contributed by atoms with E-state index in [0.717, 1.165) is 36.7 Å². The predicted molar refractivity (Wildman–Crippen MR) is 100.0 cm³/mol. The largest absolute Gasteiger partial charge is 0.507 e. The van der Waals surface area contributed by atoms with Gasteiger partial charge in [-0.2, -0.15) is 0 Å². The van der Waals surface area contributed by atoms with Gasteiger partial charge in [0.25, 0.3) is 0 Å². The molecule has 0 aliphatic heterocycles. The van der Waals surface area contributed by atoms with Crippen molar-refractivity contribution in [3.63, 3.8) is 0 Å². The van der Waals surface area contributed by atoms with Crippen LogP contribution in [0, 0.1) is 11.8 Å². The van der Waals surface area contributed by atoms with Crippen molar-refractivity contribution >= 4 is 17.0 Å². The average molecular weight is 350 g/mol. The third-order valence-electron chi connectivity index (χ3n) is 5.18. The molecule has 0 radical (unpaired) electrons. The zero-order valence-electron chi connectivity index (χ0n) is 14.7. The van der Waals surface area contributed by atoms with Crippen LogP contribution in [0.3, 0.4) is 0 Å². The van der Waals surface area contributed by atoms with Crippen molar-refractivity contribution in [2.75, 3.05) is 0 Å². The Morgan fingerprint density at radius 2 is 1.92 bits per heavy atom. The Morgan fingerprint density at radius 1 is 1.15 bits per heavy atom. The number of hydrogen-bond acceptors (Lipinski definition) is 4. The smallest absolute Gasteiger partial charge is 0.314 e. The molecule has 0 atom stereocenters. The molecule has 1 aliphatic rings. The summed E-state index contributed by atoms with van der Waals surface area (Å²) in [5.41, 5.74) is 2.32. The zero-order valence-corrected chi connectivity index (χ0v) is 14.7. The average Bonchev–Trinajstić information content (AvgIpc) is 3.06. The molecule has 1 aromatic heterocycles. The molecule has 5 nitrogen and oxygen atoms in total. The lowest BCUT2D eigenvalue weighted by atomic mass is 9.83. The summed E-state index contributed by atoms with van der Waals surface area (Å²) in [6.45, 7) is 2.22. The van der Waals surface area contributed by atoms with Gasteiger partial charge < -0.3 is 14.8 Å². The maximum atomic E-state index is 12.3. The molecule has 0 unspecified atom stereocenters. The molecule has 0 bridgehead atoms. The molecule has 0 saturated heterocycles. The molecule has 1 saturated carbocycles. The fourth-order valence-corrected chi connectivity index (χ4v) is 3.55. The number of rotatable bonds is 3. The van der Waals surface area contributed by atoms with Crippen molar-refractivity contribution in [3.8, 4) is 22.9 Å². The first-order chi connectivity index (χ1) is 12.6. The van der Waals surface area contributed by atoms with Crippen molar-refractivity contribution in [1.82, 2.24) is 9.97 Å². The van der Waals surface area contributed by atoms with Crippen LogP contribution in [0.15, 0.2) is 42.5 Å². The molecular weight excluding hydrogens is 328 g/mol.